The molecule has 0 atom stereocenters. The maximum atomic E-state index is 12.9. The lowest BCUT2D eigenvalue weighted by molar-refractivity contribution is -0.116. The van der Waals surface area contributed by atoms with E-state index in [0.717, 1.165) is 15.0 Å². The van der Waals surface area contributed by atoms with Crippen LogP contribution in [0.4, 0.5) is 5.69 Å². The molecule has 146 valence electrons. The van der Waals surface area contributed by atoms with Gasteiger partial charge >= 0.3 is 0 Å². The third-order valence-corrected chi connectivity index (χ3v) is 5.86. The number of halogens is 1. The summed E-state index contributed by atoms with van der Waals surface area (Å²) < 4.78 is 2.42. The van der Waals surface area contributed by atoms with Crippen LogP contribution in [0.3, 0.4) is 0 Å². The first-order chi connectivity index (χ1) is 14.0. The van der Waals surface area contributed by atoms with E-state index >= 15 is 0 Å². The van der Waals surface area contributed by atoms with Crippen molar-refractivity contribution in [2.75, 3.05) is 18.9 Å². The van der Waals surface area contributed by atoms with Crippen molar-refractivity contribution < 1.29 is 9.59 Å². The molecule has 9 heteroatoms. The standard InChI is InChI=1S/C20H16BrN5O2S/c1-25(12-18(27)24-15-6-3-2-5-14(15)21)20(28)13-11-23-26-16(8-9-22-19(13)26)17-7-4-10-29-17/h2-11H,12H2,1H3,(H,24,27). The van der Waals surface area contributed by atoms with Crippen LogP contribution in [0, 0.1) is 0 Å². The number of hydrogen-bond donors (Lipinski definition) is 1. The van der Waals surface area contributed by atoms with Gasteiger partial charge in [0.1, 0.15) is 5.56 Å². The average Bonchev–Trinajstić information content (AvgIpc) is 3.39. The Bertz CT molecular complexity index is 1190. The molecule has 0 saturated carbocycles. The number of amides is 2. The summed E-state index contributed by atoms with van der Waals surface area (Å²) in [6.45, 7) is -0.0951. The number of aromatic nitrogens is 3. The third-order valence-electron chi connectivity index (χ3n) is 4.28. The van der Waals surface area contributed by atoms with Crippen LogP contribution in [0.5, 0.6) is 0 Å². The van der Waals surface area contributed by atoms with Gasteiger partial charge in [0.2, 0.25) is 5.91 Å². The molecule has 0 spiro atoms. The largest absolute Gasteiger partial charge is 0.332 e. The van der Waals surface area contributed by atoms with Gasteiger partial charge in [-0.15, -0.1) is 11.3 Å². The predicted octanol–water partition coefficient (Wildman–Crippen LogP) is 3.93. The van der Waals surface area contributed by atoms with Gasteiger partial charge in [0.05, 0.1) is 29.0 Å². The first-order valence-corrected chi connectivity index (χ1v) is 10.4. The van der Waals surface area contributed by atoms with Crippen LogP contribution in [-0.2, 0) is 4.79 Å². The summed E-state index contributed by atoms with van der Waals surface area (Å²) >= 11 is 4.97. The fourth-order valence-electron chi connectivity index (χ4n) is 2.90. The fraction of sp³-hybridized carbons (Fsp3) is 0.100. The van der Waals surface area contributed by atoms with E-state index in [1.54, 1.807) is 35.2 Å². The van der Waals surface area contributed by atoms with Crippen molar-refractivity contribution in [3.63, 3.8) is 0 Å². The molecule has 0 saturated heterocycles. The monoisotopic (exact) mass is 469 g/mol. The number of anilines is 1. The lowest BCUT2D eigenvalue weighted by atomic mass is 10.2. The first-order valence-electron chi connectivity index (χ1n) is 8.71. The van der Waals surface area contributed by atoms with Gasteiger partial charge in [0.15, 0.2) is 5.65 Å². The Kier molecular flexibility index (Phi) is 5.41. The molecule has 0 bridgehead atoms. The van der Waals surface area contributed by atoms with Crippen molar-refractivity contribution in [3.05, 3.63) is 70.3 Å². The maximum absolute atomic E-state index is 12.9. The highest BCUT2D eigenvalue weighted by Crippen LogP contribution is 2.25. The Labute approximate surface area is 179 Å². The molecule has 1 aromatic carbocycles. The van der Waals surface area contributed by atoms with E-state index in [2.05, 4.69) is 31.3 Å². The van der Waals surface area contributed by atoms with Gasteiger partial charge in [-0.2, -0.15) is 5.10 Å². The van der Waals surface area contributed by atoms with E-state index < -0.39 is 0 Å². The number of nitrogens with zero attached hydrogens (tertiary/aromatic N) is 4. The molecule has 2 amide bonds. The van der Waals surface area contributed by atoms with Gasteiger partial charge < -0.3 is 10.2 Å². The van der Waals surface area contributed by atoms with Crippen molar-refractivity contribution in [1.82, 2.24) is 19.5 Å². The number of carbonyl (C=O) groups is 2. The quantitative estimate of drug-likeness (QED) is 0.480. The Morgan fingerprint density at radius 2 is 2.03 bits per heavy atom. The van der Waals surface area contributed by atoms with Gasteiger partial charge in [-0.1, -0.05) is 18.2 Å². The SMILES string of the molecule is CN(CC(=O)Nc1ccccc1Br)C(=O)c1cnn2c(-c3cccs3)ccnc12. The topological polar surface area (TPSA) is 79.6 Å². The number of thiophene rings is 1. The molecule has 29 heavy (non-hydrogen) atoms. The molecule has 3 aromatic heterocycles. The minimum atomic E-state index is -0.321. The minimum absolute atomic E-state index is 0.0951. The molecule has 4 aromatic rings. The van der Waals surface area contributed by atoms with Gasteiger partial charge in [-0.25, -0.2) is 9.50 Å². The predicted molar refractivity (Wildman–Crippen MR) is 116 cm³/mol. The number of para-hydroxylation sites is 1. The Balaban J connectivity index is 1.53. The zero-order chi connectivity index (χ0) is 20.4. The van der Waals surface area contributed by atoms with E-state index in [0.29, 0.717) is 16.9 Å². The molecule has 0 aliphatic rings. The number of likely N-dealkylation sites (N-methyl/N-ethyl adjacent to an activating group) is 1. The van der Waals surface area contributed by atoms with Crippen molar-refractivity contribution in [3.8, 4) is 10.6 Å². The summed E-state index contributed by atoms with van der Waals surface area (Å²) in [7, 11) is 1.58. The smallest absolute Gasteiger partial charge is 0.259 e. The molecule has 0 aliphatic carbocycles. The second kappa shape index (κ2) is 8.14. The summed E-state index contributed by atoms with van der Waals surface area (Å²) in [5.74, 6) is -0.616. The first kappa shape index (κ1) is 19.3. The second-order valence-electron chi connectivity index (χ2n) is 6.29. The van der Waals surface area contributed by atoms with E-state index in [9.17, 15) is 9.59 Å². The molecule has 4 rings (SSSR count). The normalized spacial score (nSPS) is 10.8. The van der Waals surface area contributed by atoms with Crippen molar-refractivity contribution in [2.45, 2.75) is 0 Å². The lowest BCUT2D eigenvalue weighted by Gasteiger charge is -2.16. The van der Waals surface area contributed by atoms with Crippen LogP contribution in [0.25, 0.3) is 16.2 Å². The third kappa shape index (κ3) is 3.92. The van der Waals surface area contributed by atoms with E-state index in [1.807, 2.05) is 41.8 Å². The summed E-state index contributed by atoms with van der Waals surface area (Å²) in [6, 6.07) is 13.1. The number of nitrogens with one attached hydrogen (secondary N) is 1. The molecule has 0 unspecified atom stereocenters. The number of rotatable bonds is 5. The van der Waals surface area contributed by atoms with Crippen molar-refractivity contribution in [2.24, 2.45) is 0 Å². The van der Waals surface area contributed by atoms with Crippen molar-refractivity contribution in [1.29, 1.82) is 0 Å². The number of hydrogen-bond acceptors (Lipinski definition) is 5. The summed E-state index contributed by atoms with van der Waals surface area (Å²) in [4.78, 5) is 32.0. The van der Waals surface area contributed by atoms with Crippen LogP contribution in [-0.4, -0.2) is 44.9 Å². The second-order valence-corrected chi connectivity index (χ2v) is 8.09. The zero-order valence-electron chi connectivity index (χ0n) is 15.4. The number of carbonyl (C=O) groups excluding carboxylic acids is 2. The molecule has 0 aliphatic heterocycles. The average molecular weight is 470 g/mol. The number of benzene rings is 1. The van der Waals surface area contributed by atoms with Crippen LogP contribution in [0.2, 0.25) is 0 Å². The fourth-order valence-corrected chi connectivity index (χ4v) is 4.02. The van der Waals surface area contributed by atoms with Crippen LogP contribution in [0.15, 0.2) is 64.7 Å². The maximum Gasteiger partial charge on any atom is 0.259 e. The van der Waals surface area contributed by atoms with E-state index in [1.165, 1.54) is 11.1 Å². The highest BCUT2D eigenvalue weighted by molar-refractivity contribution is 9.10. The molecular weight excluding hydrogens is 454 g/mol. The lowest BCUT2D eigenvalue weighted by Crippen LogP contribution is -2.35. The molecular formula is C20H16BrN5O2S. The Morgan fingerprint density at radius 3 is 2.79 bits per heavy atom. The molecule has 0 radical (unpaired) electrons. The number of fused-ring (bicyclic) bond motifs is 1. The minimum Gasteiger partial charge on any atom is -0.332 e. The Morgan fingerprint density at radius 1 is 1.21 bits per heavy atom. The Hall–Kier alpha value is -3.04. The summed E-state index contributed by atoms with van der Waals surface area (Å²) in [6.07, 6.45) is 3.15. The molecule has 1 N–H and O–H groups in total. The van der Waals surface area contributed by atoms with Crippen molar-refractivity contribution >= 4 is 50.4 Å². The highest BCUT2D eigenvalue weighted by Gasteiger charge is 2.21. The molecule has 3 heterocycles. The van der Waals surface area contributed by atoms with Gasteiger partial charge in [0.25, 0.3) is 5.91 Å². The van der Waals surface area contributed by atoms with Gasteiger partial charge in [0, 0.05) is 17.7 Å². The highest BCUT2D eigenvalue weighted by atomic mass is 79.9. The van der Waals surface area contributed by atoms with E-state index in [-0.39, 0.29) is 18.4 Å². The van der Waals surface area contributed by atoms with Crippen LogP contribution in [0.1, 0.15) is 10.4 Å². The summed E-state index contributed by atoms with van der Waals surface area (Å²) in [5.41, 5.74) is 2.31. The zero-order valence-corrected chi connectivity index (χ0v) is 17.8. The van der Waals surface area contributed by atoms with E-state index in [4.69, 9.17) is 0 Å². The van der Waals surface area contributed by atoms with Gasteiger partial charge in [-0.3, -0.25) is 9.59 Å². The molecule has 7 nitrogen and oxygen atoms in total. The summed E-state index contributed by atoms with van der Waals surface area (Å²) in [5, 5.41) is 9.12. The molecule has 0 fully saturated rings. The van der Waals surface area contributed by atoms with Gasteiger partial charge in [-0.05, 0) is 45.6 Å². The van der Waals surface area contributed by atoms with Crippen LogP contribution < -0.4 is 5.32 Å². The van der Waals surface area contributed by atoms with Crippen LogP contribution >= 0.6 is 27.3 Å².